The lowest BCUT2D eigenvalue weighted by Crippen LogP contribution is -2.34. The first-order valence-corrected chi connectivity index (χ1v) is 10.9. The number of anilines is 1. The van der Waals surface area contributed by atoms with Gasteiger partial charge in [-0.3, -0.25) is 10.1 Å². The van der Waals surface area contributed by atoms with Gasteiger partial charge >= 0.3 is 0 Å². The Kier molecular flexibility index (Phi) is 6.12. The lowest BCUT2D eigenvalue weighted by Gasteiger charge is -2.11. The molecule has 0 radical (unpaired) electrons. The highest BCUT2D eigenvalue weighted by Crippen LogP contribution is 2.27. The average molecular weight is 473 g/mol. The number of aromatic nitrogens is 4. The standard InChI is InChI=1S/C20H17ClN6O2S2/c1-3-29-16-9-6-13(10-15(16)21)17(28)23-19(30)22-14-7-4-12(5-8-14)18-26-27-11(2)24-25-20(27)31-18/h4-10H,3H2,1-2H3,(H2,22,23,28,30). The number of amides is 1. The Morgan fingerprint density at radius 3 is 2.68 bits per heavy atom. The van der Waals surface area contributed by atoms with Crippen molar-refractivity contribution >= 4 is 56.8 Å². The molecule has 4 aromatic rings. The molecule has 11 heteroatoms. The quantitative estimate of drug-likeness (QED) is 0.417. The van der Waals surface area contributed by atoms with Crippen molar-refractivity contribution in [2.75, 3.05) is 11.9 Å². The Hall–Kier alpha value is -3.08. The van der Waals surface area contributed by atoms with Gasteiger partial charge in [-0.15, -0.1) is 10.2 Å². The van der Waals surface area contributed by atoms with Crippen LogP contribution in [0, 0.1) is 6.92 Å². The van der Waals surface area contributed by atoms with Gasteiger partial charge in [0, 0.05) is 16.8 Å². The maximum absolute atomic E-state index is 12.4. The lowest BCUT2D eigenvalue weighted by atomic mass is 10.2. The van der Waals surface area contributed by atoms with Crippen LogP contribution in [-0.2, 0) is 0 Å². The monoisotopic (exact) mass is 472 g/mol. The summed E-state index contributed by atoms with van der Waals surface area (Å²) in [6, 6.07) is 12.4. The third-order valence-corrected chi connectivity index (χ3v) is 5.70. The molecule has 0 fully saturated rings. The van der Waals surface area contributed by atoms with Crippen molar-refractivity contribution in [3.63, 3.8) is 0 Å². The zero-order valence-electron chi connectivity index (χ0n) is 16.5. The van der Waals surface area contributed by atoms with Gasteiger partial charge in [0.25, 0.3) is 5.91 Å². The summed E-state index contributed by atoms with van der Waals surface area (Å²) in [4.78, 5) is 13.2. The number of benzene rings is 2. The van der Waals surface area contributed by atoms with Crippen LogP contribution in [0.2, 0.25) is 5.02 Å². The fraction of sp³-hybridized carbons (Fsp3) is 0.150. The van der Waals surface area contributed by atoms with Crippen LogP contribution in [0.25, 0.3) is 15.5 Å². The molecule has 158 valence electrons. The highest BCUT2D eigenvalue weighted by atomic mass is 35.5. The smallest absolute Gasteiger partial charge is 0.257 e. The first-order chi connectivity index (χ1) is 14.9. The first-order valence-electron chi connectivity index (χ1n) is 9.28. The van der Waals surface area contributed by atoms with Crippen LogP contribution in [0.4, 0.5) is 5.69 Å². The van der Waals surface area contributed by atoms with Crippen molar-refractivity contribution < 1.29 is 9.53 Å². The largest absolute Gasteiger partial charge is 0.492 e. The number of nitrogens with zero attached hydrogens (tertiary/aromatic N) is 4. The second-order valence-corrected chi connectivity index (χ2v) is 8.18. The molecule has 0 unspecified atom stereocenters. The van der Waals surface area contributed by atoms with Crippen molar-refractivity contribution in [3.8, 4) is 16.3 Å². The van der Waals surface area contributed by atoms with Crippen LogP contribution in [0.15, 0.2) is 42.5 Å². The van der Waals surface area contributed by atoms with Crippen LogP contribution in [0.1, 0.15) is 23.1 Å². The number of thiocarbonyl (C=S) groups is 1. The van der Waals surface area contributed by atoms with E-state index in [0.29, 0.717) is 22.9 Å². The van der Waals surface area contributed by atoms with Gasteiger partial charge in [0.15, 0.2) is 10.9 Å². The van der Waals surface area contributed by atoms with Gasteiger partial charge in [0.2, 0.25) is 4.96 Å². The van der Waals surface area contributed by atoms with Gasteiger partial charge in [0.05, 0.1) is 11.6 Å². The van der Waals surface area contributed by atoms with Crippen molar-refractivity contribution in [2.45, 2.75) is 13.8 Å². The molecule has 0 bridgehead atoms. The molecule has 0 aliphatic carbocycles. The zero-order valence-corrected chi connectivity index (χ0v) is 18.9. The summed E-state index contributed by atoms with van der Waals surface area (Å²) in [7, 11) is 0. The number of aryl methyl sites for hydroxylation is 1. The molecule has 2 N–H and O–H groups in total. The Bertz CT molecular complexity index is 1270. The van der Waals surface area contributed by atoms with Crippen LogP contribution in [-0.4, -0.2) is 37.4 Å². The number of nitrogens with one attached hydrogen (secondary N) is 2. The van der Waals surface area contributed by atoms with E-state index in [-0.39, 0.29) is 11.0 Å². The minimum atomic E-state index is -0.367. The highest BCUT2D eigenvalue weighted by Gasteiger charge is 2.12. The second-order valence-electron chi connectivity index (χ2n) is 6.41. The van der Waals surface area contributed by atoms with E-state index >= 15 is 0 Å². The molecule has 0 spiro atoms. The van der Waals surface area contributed by atoms with E-state index in [1.165, 1.54) is 11.3 Å². The molecule has 2 aromatic heterocycles. The number of hydrogen-bond acceptors (Lipinski definition) is 7. The fourth-order valence-electron chi connectivity index (χ4n) is 2.78. The van der Waals surface area contributed by atoms with Gasteiger partial charge in [-0.25, -0.2) is 0 Å². The third kappa shape index (κ3) is 4.66. The predicted octanol–water partition coefficient (Wildman–Crippen LogP) is 4.34. The minimum absolute atomic E-state index is 0.178. The zero-order chi connectivity index (χ0) is 22.0. The van der Waals surface area contributed by atoms with Crippen LogP contribution >= 0.6 is 35.2 Å². The normalized spacial score (nSPS) is 10.8. The summed E-state index contributed by atoms with van der Waals surface area (Å²) < 4.78 is 7.09. The van der Waals surface area contributed by atoms with Crippen LogP contribution in [0.3, 0.4) is 0 Å². The van der Waals surface area contributed by atoms with E-state index in [9.17, 15) is 4.79 Å². The molecule has 8 nitrogen and oxygen atoms in total. The van der Waals surface area contributed by atoms with Crippen LogP contribution < -0.4 is 15.4 Å². The highest BCUT2D eigenvalue weighted by molar-refractivity contribution is 7.80. The Balaban J connectivity index is 1.39. The molecular formula is C20H17ClN6O2S2. The number of fused-ring (bicyclic) bond motifs is 1. The number of ether oxygens (including phenoxy) is 1. The Labute approximate surface area is 192 Å². The minimum Gasteiger partial charge on any atom is -0.492 e. The van der Waals surface area contributed by atoms with Crippen molar-refractivity contribution in [1.29, 1.82) is 0 Å². The van der Waals surface area contributed by atoms with Crippen molar-refractivity contribution in [1.82, 2.24) is 25.1 Å². The van der Waals surface area contributed by atoms with Gasteiger partial charge in [0.1, 0.15) is 10.8 Å². The summed E-state index contributed by atoms with van der Waals surface area (Å²) in [6.07, 6.45) is 0. The summed E-state index contributed by atoms with van der Waals surface area (Å²) in [5.74, 6) is 0.904. The molecule has 2 heterocycles. The van der Waals surface area contributed by atoms with Crippen molar-refractivity contribution in [2.24, 2.45) is 0 Å². The maximum Gasteiger partial charge on any atom is 0.257 e. The molecule has 1 amide bonds. The Morgan fingerprint density at radius 2 is 2.00 bits per heavy atom. The molecular weight excluding hydrogens is 456 g/mol. The predicted molar refractivity (Wildman–Crippen MR) is 125 cm³/mol. The molecule has 0 aliphatic heterocycles. The van der Waals surface area contributed by atoms with Gasteiger partial charge in [-0.05, 0) is 68.5 Å². The summed E-state index contributed by atoms with van der Waals surface area (Å²) in [5, 5.41) is 19.6. The molecule has 2 aromatic carbocycles. The SMILES string of the molecule is CCOc1ccc(C(=O)NC(=S)Nc2ccc(-c3nn4c(C)nnc4s3)cc2)cc1Cl. The maximum atomic E-state index is 12.4. The summed E-state index contributed by atoms with van der Waals surface area (Å²) in [5.41, 5.74) is 2.06. The second kappa shape index (κ2) is 8.96. The average Bonchev–Trinajstić information content (AvgIpc) is 3.32. The number of rotatable bonds is 5. The molecule has 31 heavy (non-hydrogen) atoms. The van der Waals surface area contributed by atoms with E-state index in [2.05, 4.69) is 25.9 Å². The number of hydrogen-bond donors (Lipinski definition) is 2. The summed E-state index contributed by atoms with van der Waals surface area (Å²) in [6.45, 7) is 4.21. The molecule has 4 rings (SSSR count). The van der Waals surface area contributed by atoms with Gasteiger partial charge in [-0.1, -0.05) is 22.9 Å². The van der Waals surface area contributed by atoms with Crippen LogP contribution in [0.5, 0.6) is 5.75 Å². The number of halogens is 1. The number of carbonyl (C=O) groups is 1. The van der Waals surface area contributed by atoms with E-state index in [1.54, 1.807) is 22.7 Å². The topological polar surface area (TPSA) is 93.4 Å². The van der Waals surface area contributed by atoms with E-state index in [0.717, 1.165) is 27.0 Å². The third-order valence-electron chi connectivity index (χ3n) is 4.26. The molecule has 0 saturated carbocycles. The Morgan fingerprint density at radius 1 is 1.23 bits per heavy atom. The van der Waals surface area contributed by atoms with Gasteiger partial charge in [-0.2, -0.15) is 9.61 Å². The van der Waals surface area contributed by atoms with Crippen molar-refractivity contribution in [3.05, 3.63) is 58.9 Å². The summed E-state index contributed by atoms with van der Waals surface area (Å²) >= 11 is 12.9. The lowest BCUT2D eigenvalue weighted by molar-refractivity contribution is 0.0977. The van der Waals surface area contributed by atoms with E-state index < -0.39 is 0 Å². The van der Waals surface area contributed by atoms with Gasteiger partial charge < -0.3 is 10.1 Å². The molecule has 0 atom stereocenters. The van der Waals surface area contributed by atoms with E-state index in [1.807, 2.05) is 38.1 Å². The molecule has 0 aliphatic rings. The molecule has 0 saturated heterocycles. The first kappa shape index (κ1) is 21.2. The fourth-order valence-corrected chi connectivity index (χ4v) is 4.12. The van der Waals surface area contributed by atoms with E-state index in [4.69, 9.17) is 28.6 Å². The number of carbonyl (C=O) groups excluding carboxylic acids is 1.